The second-order valence-corrected chi connectivity index (χ2v) is 10.5. The normalized spacial score (nSPS) is 11.0. The van der Waals surface area contributed by atoms with E-state index in [4.69, 9.17) is 16.3 Å². The van der Waals surface area contributed by atoms with E-state index in [0.717, 1.165) is 38.8 Å². The summed E-state index contributed by atoms with van der Waals surface area (Å²) in [5, 5.41) is 12.0. The van der Waals surface area contributed by atoms with Crippen molar-refractivity contribution >= 4 is 28.5 Å². The minimum atomic E-state index is -0.343. The van der Waals surface area contributed by atoms with Crippen molar-refractivity contribution in [2.24, 2.45) is 0 Å². The van der Waals surface area contributed by atoms with Gasteiger partial charge in [0.2, 0.25) is 0 Å². The van der Waals surface area contributed by atoms with Crippen LogP contribution in [0.25, 0.3) is 44.3 Å². The van der Waals surface area contributed by atoms with Gasteiger partial charge in [0.15, 0.2) is 0 Å². The first-order valence-corrected chi connectivity index (χ1v) is 13.9. The van der Waals surface area contributed by atoms with Crippen LogP contribution >= 0.6 is 11.6 Å². The van der Waals surface area contributed by atoms with Crippen molar-refractivity contribution in [2.75, 3.05) is 0 Å². The molecule has 0 aliphatic rings. The first kappa shape index (κ1) is 27.1. The third-order valence-electron chi connectivity index (χ3n) is 7.15. The van der Waals surface area contributed by atoms with Gasteiger partial charge in [-0.3, -0.25) is 9.59 Å². The molecule has 0 aliphatic heterocycles. The maximum Gasteiger partial charge on any atom is 0.310 e. The quantitative estimate of drug-likeness (QED) is 0.189. The Kier molecular flexibility index (Phi) is 7.58. The van der Waals surface area contributed by atoms with Gasteiger partial charge in [0, 0.05) is 22.2 Å². The summed E-state index contributed by atoms with van der Waals surface area (Å²) < 4.78 is 5.43. The van der Waals surface area contributed by atoms with Crippen molar-refractivity contribution in [3.63, 3.8) is 0 Å². The fourth-order valence-electron chi connectivity index (χ4n) is 5.03. The first-order valence-electron chi connectivity index (χ1n) is 13.5. The number of nitrogens with one attached hydrogen (secondary N) is 1. The van der Waals surface area contributed by atoms with Crippen molar-refractivity contribution in [3.05, 3.63) is 148 Å². The standard InChI is InChI=1S/C36H26ClNO4/c37-32-21-33-28(18-30(32)27-14-15-29(34(39)20-27)25-11-5-2-6-12-25)19-31(36(41)38-33)26-13-7-10-24(16-26)17-35(40)42-22-23-8-3-1-4-9-23/h1-16,18-21,39H,17,22H2,(H,38,41). The Hall–Kier alpha value is -5.13. The Morgan fingerprint density at radius 1 is 0.690 bits per heavy atom. The summed E-state index contributed by atoms with van der Waals surface area (Å²) in [6, 6.07) is 37.4. The van der Waals surface area contributed by atoms with Crippen LogP contribution in [0.3, 0.4) is 0 Å². The maximum atomic E-state index is 13.1. The Labute approximate surface area is 247 Å². The predicted octanol–water partition coefficient (Wildman–Crippen LogP) is 8.17. The fourth-order valence-corrected chi connectivity index (χ4v) is 5.30. The van der Waals surface area contributed by atoms with Gasteiger partial charge in [-0.1, -0.05) is 109 Å². The van der Waals surface area contributed by atoms with Gasteiger partial charge < -0.3 is 14.8 Å². The second kappa shape index (κ2) is 11.8. The van der Waals surface area contributed by atoms with Gasteiger partial charge in [0.05, 0.1) is 11.4 Å². The van der Waals surface area contributed by atoms with Gasteiger partial charge in [-0.2, -0.15) is 0 Å². The number of fused-ring (bicyclic) bond motifs is 1. The average Bonchev–Trinajstić information content (AvgIpc) is 3.00. The molecule has 0 fully saturated rings. The molecule has 0 radical (unpaired) electrons. The number of halogens is 1. The number of aromatic nitrogens is 1. The summed E-state index contributed by atoms with van der Waals surface area (Å²) in [6.07, 6.45) is 0.0917. The number of pyridine rings is 1. The molecule has 1 heterocycles. The SMILES string of the molecule is O=C(Cc1cccc(-c2cc3cc(-c4ccc(-c5ccccc5)c(O)c4)c(Cl)cc3[nH]c2=O)c1)OCc1ccccc1. The second-order valence-electron chi connectivity index (χ2n) is 10.1. The van der Waals surface area contributed by atoms with Gasteiger partial charge >= 0.3 is 5.97 Å². The third-order valence-corrected chi connectivity index (χ3v) is 7.47. The lowest BCUT2D eigenvalue weighted by Gasteiger charge is -2.12. The molecule has 0 aliphatic carbocycles. The lowest BCUT2D eigenvalue weighted by Crippen LogP contribution is -2.10. The molecule has 6 heteroatoms. The molecule has 0 atom stereocenters. The van der Waals surface area contributed by atoms with Crippen LogP contribution in [-0.4, -0.2) is 16.1 Å². The van der Waals surface area contributed by atoms with E-state index >= 15 is 0 Å². The Morgan fingerprint density at radius 3 is 2.12 bits per heavy atom. The first-order chi connectivity index (χ1) is 20.4. The number of benzene rings is 5. The van der Waals surface area contributed by atoms with Gasteiger partial charge in [-0.15, -0.1) is 0 Å². The number of aromatic hydroxyl groups is 1. The molecule has 5 aromatic carbocycles. The minimum absolute atomic E-state index is 0.0917. The number of esters is 1. The fraction of sp³-hybridized carbons (Fsp3) is 0.0556. The van der Waals surface area contributed by atoms with Gasteiger partial charge in [-0.25, -0.2) is 0 Å². The molecule has 206 valence electrons. The predicted molar refractivity (Wildman–Crippen MR) is 167 cm³/mol. The highest BCUT2D eigenvalue weighted by molar-refractivity contribution is 6.34. The molecule has 0 saturated carbocycles. The summed E-state index contributed by atoms with van der Waals surface area (Å²) in [5.74, 6) is -0.194. The van der Waals surface area contributed by atoms with Crippen LogP contribution < -0.4 is 5.56 Å². The van der Waals surface area contributed by atoms with E-state index in [0.29, 0.717) is 21.7 Å². The van der Waals surface area contributed by atoms with E-state index in [9.17, 15) is 14.7 Å². The van der Waals surface area contributed by atoms with Crippen molar-refractivity contribution in [3.8, 4) is 39.1 Å². The van der Waals surface area contributed by atoms with E-state index in [1.807, 2.05) is 109 Å². The molecule has 0 saturated heterocycles. The zero-order valence-electron chi connectivity index (χ0n) is 22.5. The molecular formula is C36H26ClNO4. The summed E-state index contributed by atoms with van der Waals surface area (Å²) >= 11 is 6.64. The molecule has 0 bridgehead atoms. The highest BCUT2D eigenvalue weighted by Crippen LogP contribution is 2.37. The highest BCUT2D eigenvalue weighted by Gasteiger charge is 2.14. The summed E-state index contributed by atoms with van der Waals surface area (Å²) in [4.78, 5) is 28.5. The lowest BCUT2D eigenvalue weighted by molar-refractivity contribution is -0.144. The van der Waals surface area contributed by atoms with E-state index in [2.05, 4.69) is 4.98 Å². The molecule has 0 amide bonds. The van der Waals surface area contributed by atoms with E-state index in [-0.39, 0.29) is 30.3 Å². The van der Waals surface area contributed by atoms with E-state index in [1.54, 1.807) is 12.1 Å². The summed E-state index contributed by atoms with van der Waals surface area (Å²) in [7, 11) is 0. The number of rotatable bonds is 7. The average molecular weight is 572 g/mol. The third kappa shape index (κ3) is 5.82. The molecule has 6 aromatic rings. The zero-order chi connectivity index (χ0) is 29.1. The van der Waals surface area contributed by atoms with Crippen LogP contribution in [0.5, 0.6) is 5.75 Å². The molecule has 0 unspecified atom stereocenters. The number of aromatic amines is 1. The largest absolute Gasteiger partial charge is 0.507 e. The highest BCUT2D eigenvalue weighted by atomic mass is 35.5. The Balaban J connectivity index is 1.28. The monoisotopic (exact) mass is 571 g/mol. The summed E-state index contributed by atoms with van der Waals surface area (Å²) in [5.41, 5.74) is 6.29. The topological polar surface area (TPSA) is 79.4 Å². The van der Waals surface area contributed by atoms with E-state index < -0.39 is 0 Å². The van der Waals surface area contributed by atoms with Crippen LogP contribution in [-0.2, 0) is 22.6 Å². The van der Waals surface area contributed by atoms with Gasteiger partial charge in [0.1, 0.15) is 12.4 Å². The van der Waals surface area contributed by atoms with Crippen LogP contribution in [0.4, 0.5) is 0 Å². The number of phenolic OH excluding ortho intramolecular Hbond substituents is 1. The Bertz CT molecular complexity index is 1970. The molecule has 2 N–H and O–H groups in total. The van der Waals surface area contributed by atoms with Crippen LogP contribution in [0.1, 0.15) is 11.1 Å². The van der Waals surface area contributed by atoms with Crippen molar-refractivity contribution in [1.82, 2.24) is 4.98 Å². The van der Waals surface area contributed by atoms with E-state index in [1.165, 1.54) is 0 Å². The van der Waals surface area contributed by atoms with Crippen LogP contribution in [0.2, 0.25) is 5.02 Å². The number of hydrogen-bond acceptors (Lipinski definition) is 4. The van der Waals surface area contributed by atoms with Crippen LogP contribution in [0.15, 0.2) is 126 Å². The molecule has 5 nitrogen and oxygen atoms in total. The molecule has 0 spiro atoms. The van der Waals surface area contributed by atoms with Crippen molar-refractivity contribution < 1.29 is 14.6 Å². The minimum Gasteiger partial charge on any atom is -0.507 e. The van der Waals surface area contributed by atoms with Gasteiger partial charge in [0.25, 0.3) is 5.56 Å². The zero-order valence-corrected chi connectivity index (χ0v) is 23.3. The maximum absolute atomic E-state index is 13.1. The van der Waals surface area contributed by atoms with Crippen molar-refractivity contribution in [2.45, 2.75) is 13.0 Å². The number of phenols is 1. The van der Waals surface area contributed by atoms with Gasteiger partial charge in [-0.05, 0) is 57.5 Å². The Morgan fingerprint density at radius 2 is 1.36 bits per heavy atom. The number of ether oxygens (including phenoxy) is 1. The number of carbonyl (C=O) groups is 1. The number of carbonyl (C=O) groups excluding carboxylic acids is 1. The lowest BCUT2D eigenvalue weighted by atomic mass is 9.97. The molecule has 1 aromatic heterocycles. The molecular weight excluding hydrogens is 546 g/mol. The number of H-pyrrole nitrogens is 1. The molecule has 6 rings (SSSR count). The van der Waals surface area contributed by atoms with Crippen molar-refractivity contribution in [1.29, 1.82) is 0 Å². The smallest absolute Gasteiger partial charge is 0.310 e. The summed E-state index contributed by atoms with van der Waals surface area (Å²) in [6.45, 7) is 0.210. The number of hydrogen-bond donors (Lipinski definition) is 2. The van der Waals surface area contributed by atoms with Crippen LogP contribution in [0, 0.1) is 0 Å². The molecule has 42 heavy (non-hydrogen) atoms.